The molecule has 1 N–H and O–H groups in total. The minimum Gasteiger partial charge on any atom is -0.381 e. The van der Waals surface area contributed by atoms with Gasteiger partial charge < -0.3 is 5.32 Å². The molecular weight excluding hydrogens is 74.1 g/mol. The normalized spacial score (nSPS) is 5.83. The summed E-state index contributed by atoms with van der Waals surface area (Å²) < 4.78 is 0. The lowest BCUT2D eigenvalue weighted by molar-refractivity contribution is 1.01. The highest BCUT2D eigenvalue weighted by molar-refractivity contribution is 4.88. The fraction of sp³-hybridized carbons (Fsp3) is 0.200. The van der Waals surface area contributed by atoms with Gasteiger partial charge in [0, 0.05) is 0 Å². The van der Waals surface area contributed by atoms with E-state index in [0.717, 1.165) is 0 Å². The van der Waals surface area contributed by atoms with Crippen molar-refractivity contribution in [1.82, 2.24) is 5.32 Å². The lowest BCUT2D eigenvalue weighted by Gasteiger charge is -1.83. The van der Waals surface area contributed by atoms with E-state index in [1.807, 2.05) is 0 Å². The Hall–Kier alpha value is -0.900. The van der Waals surface area contributed by atoms with Crippen molar-refractivity contribution in [2.75, 3.05) is 6.54 Å². The molecule has 1 heteroatoms. The first-order valence-electron chi connectivity index (χ1n) is 1.69. The van der Waals surface area contributed by atoms with Gasteiger partial charge in [0.2, 0.25) is 0 Å². The molecule has 0 amide bonds. The highest BCUT2D eigenvalue weighted by Gasteiger charge is 1.59. The summed E-state index contributed by atoms with van der Waals surface area (Å²) in [5, 5.41) is 2.73. The van der Waals surface area contributed by atoms with E-state index in [9.17, 15) is 0 Å². The van der Waals surface area contributed by atoms with Crippen LogP contribution in [0.5, 0.6) is 0 Å². The van der Waals surface area contributed by atoms with Gasteiger partial charge in [-0.1, -0.05) is 12.5 Å². The van der Waals surface area contributed by atoms with Crippen LogP contribution in [0.15, 0.2) is 12.8 Å². The fourth-order valence-electron chi connectivity index (χ4n) is 0.131. The molecule has 0 aromatic heterocycles. The van der Waals surface area contributed by atoms with Crippen molar-refractivity contribution in [2.24, 2.45) is 0 Å². The number of nitrogens with one attached hydrogen (secondary N) is 1. The molecule has 0 fully saturated rings. The smallest absolute Gasteiger partial charge is 0.0758 e. The number of hydrogen-bond acceptors (Lipinski definition) is 1. The first-order valence-corrected chi connectivity index (χ1v) is 1.69. The molecule has 0 rings (SSSR count). The van der Waals surface area contributed by atoms with Gasteiger partial charge in [-0.3, -0.25) is 0 Å². The average Bonchev–Trinajstić information content (AvgIpc) is 1.61. The van der Waals surface area contributed by atoms with E-state index in [4.69, 9.17) is 6.42 Å². The summed E-state index contributed by atoms with van der Waals surface area (Å²) in [6, 6.07) is 0. The van der Waals surface area contributed by atoms with Crippen LogP contribution < -0.4 is 5.32 Å². The zero-order valence-electron chi connectivity index (χ0n) is 3.57. The van der Waals surface area contributed by atoms with Gasteiger partial charge in [-0.15, -0.1) is 6.42 Å². The van der Waals surface area contributed by atoms with Crippen LogP contribution in [0.1, 0.15) is 0 Å². The van der Waals surface area contributed by atoms with Crippen LogP contribution in [0.4, 0.5) is 0 Å². The number of terminal acetylenes is 1. The maximum absolute atomic E-state index is 4.85. The van der Waals surface area contributed by atoms with E-state index in [2.05, 4.69) is 17.8 Å². The first-order chi connectivity index (χ1) is 2.91. The summed E-state index contributed by atoms with van der Waals surface area (Å²) in [5.74, 6) is 2.39. The molecule has 0 saturated heterocycles. The number of hydrogen-bond donors (Lipinski definition) is 1. The Morgan fingerprint density at radius 3 is 2.83 bits per heavy atom. The van der Waals surface area contributed by atoms with E-state index in [1.54, 1.807) is 6.20 Å². The van der Waals surface area contributed by atoms with Crippen LogP contribution >= 0.6 is 0 Å². The Morgan fingerprint density at radius 1 is 2.00 bits per heavy atom. The van der Waals surface area contributed by atoms with Gasteiger partial charge in [0.1, 0.15) is 0 Å². The summed E-state index contributed by atoms with van der Waals surface area (Å²) in [6.45, 7) is 3.96. The molecule has 32 valence electrons. The molecule has 6 heavy (non-hydrogen) atoms. The molecule has 0 aliphatic heterocycles. The first kappa shape index (κ1) is 5.10. The van der Waals surface area contributed by atoms with E-state index in [0.29, 0.717) is 6.54 Å². The Balaban J connectivity index is 2.72. The summed E-state index contributed by atoms with van der Waals surface area (Å²) in [4.78, 5) is 0. The quantitative estimate of drug-likeness (QED) is 0.373. The zero-order valence-corrected chi connectivity index (χ0v) is 3.57. The van der Waals surface area contributed by atoms with E-state index in [1.165, 1.54) is 0 Å². The molecule has 0 aliphatic carbocycles. The second-order valence-electron chi connectivity index (χ2n) is 0.789. The molecule has 0 aromatic rings. The van der Waals surface area contributed by atoms with Gasteiger partial charge in [0.05, 0.1) is 6.54 Å². The van der Waals surface area contributed by atoms with Gasteiger partial charge in [0.25, 0.3) is 0 Å². The lowest BCUT2D eigenvalue weighted by Crippen LogP contribution is -2.01. The van der Waals surface area contributed by atoms with Crippen LogP contribution in [-0.2, 0) is 0 Å². The average molecular weight is 81.1 g/mol. The Morgan fingerprint density at radius 2 is 2.67 bits per heavy atom. The Bertz CT molecular complexity index is 68.5. The summed E-state index contributed by atoms with van der Waals surface area (Å²) in [7, 11) is 0. The van der Waals surface area contributed by atoms with E-state index < -0.39 is 0 Å². The third-order valence-electron chi connectivity index (χ3n) is 0.348. The predicted molar refractivity (Wildman–Crippen MR) is 27.0 cm³/mol. The molecule has 0 spiro atoms. The number of rotatable bonds is 2. The van der Waals surface area contributed by atoms with Crippen LogP contribution in [0.2, 0.25) is 0 Å². The van der Waals surface area contributed by atoms with Crippen molar-refractivity contribution in [3.05, 3.63) is 12.8 Å². The minimum atomic E-state index is 0.573. The summed E-state index contributed by atoms with van der Waals surface area (Å²) in [5.41, 5.74) is 0. The molecule has 0 heterocycles. The fourth-order valence-corrected chi connectivity index (χ4v) is 0.131. The van der Waals surface area contributed by atoms with Crippen LogP contribution in [-0.4, -0.2) is 6.54 Å². The van der Waals surface area contributed by atoms with Crippen molar-refractivity contribution in [3.8, 4) is 12.3 Å². The minimum absolute atomic E-state index is 0.573. The van der Waals surface area contributed by atoms with Crippen LogP contribution in [0.3, 0.4) is 0 Å². The lowest BCUT2D eigenvalue weighted by atomic mass is 10.7. The third kappa shape index (κ3) is 3.10. The van der Waals surface area contributed by atoms with Gasteiger partial charge in [0.15, 0.2) is 0 Å². The van der Waals surface area contributed by atoms with E-state index >= 15 is 0 Å². The molecular formula is C5H7N. The molecule has 0 bridgehead atoms. The molecule has 1 nitrogen and oxygen atoms in total. The molecule has 0 atom stereocenters. The predicted octanol–water partition coefficient (Wildman–Crippen LogP) is 0.353. The van der Waals surface area contributed by atoms with Crippen molar-refractivity contribution >= 4 is 0 Å². The highest BCUT2D eigenvalue weighted by Crippen LogP contribution is 1.48. The van der Waals surface area contributed by atoms with E-state index in [-0.39, 0.29) is 0 Å². The largest absolute Gasteiger partial charge is 0.381 e. The maximum Gasteiger partial charge on any atom is 0.0758 e. The van der Waals surface area contributed by atoms with Crippen molar-refractivity contribution in [3.63, 3.8) is 0 Å². The molecule has 0 aromatic carbocycles. The Kier molecular flexibility index (Phi) is 3.48. The molecule has 0 saturated carbocycles. The second-order valence-corrected chi connectivity index (χ2v) is 0.789. The van der Waals surface area contributed by atoms with Gasteiger partial charge in [-0.05, 0) is 6.20 Å². The Labute approximate surface area is 38.1 Å². The highest BCUT2D eigenvalue weighted by atomic mass is 14.8. The topological polar surface area (TPSA) is 12.0 Å². The van der Waals surface area contributed by atoms with Gasteiger partial charge in [-0.2, -0.15) is 0 Å². The monoisotopic (exact) mass is 81.1 g/mol. The van der Waals surface area contributed by atoms with Crippen molar-refractivity contribution in [1.29, 1.82) is 0 Å². The summed E-state index contributed by atoms with van der Waals surface area (Å²) >= 11 is 0. The maximum atomic E-state index is 4.85. The van der Waals surface area contributed by atoms with Gasteiger partial charge >= 0.3 is 0 Å². The third-order valence-corrected chi connectivity index (χ3v) is 0.348. The molecule has 0 radical (unpaired) electrons. The zero-order chi connectivity index (χ0) is 4.83. The van der Waals surface area contributed by atoms with Crippen molar-refractivity contribution < 1.29 is 0 Å². The van der Waals surface area contributed by atoms with Crippen molar-refractivity contribution in [2.45, 2.75) is 0 Å². The summed E-state index contributed by atoms with van der Waals surface area (Å²) in [6.07, 6.45) is 6.42. The van der Waals surface area contributed by atoms with Crippen LogP contribution in [0.25, 0.3) is 0 Å². The van der Waals surface area contributed by atoms with Crippen LogP contribution in [0, 0.1) is 12.3 Å². The molecule has 0 aliphatic rings. The SMILES string of the molecule is C#CCNC=C. The van der Waals surface area contributed by atoms with Gasteiger partial charge in [-0.25, -0.2) is 0 Å². The standard InChI is InChI=1S/C5H7N/c1-3-5-6-4-2/h1,4,6H,2,5H2. The second kappa shape index (κ2) is 4.10. The molecule has 0 unspecified atom stereocenters.